The molecular weight excluding hydrogens is 176 g/mol. The highest BCUT2D eigenvalue weighted by Gasteiger charge is 2.11. The van der Waals surface area contributed by atoms with Crippen LogP contribution in [0.4, 0.5) is 0 Å². The summed E-state index contributed by atoms with van der Waals surface area (Å²) in [6, 6.07) is 1.28. The first-order chi connectivity index (χ1) is 5.61. The normalized spacial score (nSPS) is 15.7. The van der Waals surface area contributed by atoms with Crippen molar-refractivity contribution in [1.29, 1.82) is 0 Å². The smallest absolute Gasteiger partial charge is 0.0705 e. The molecule has 1 aromatic heterocycles. The maximum atomic E-state index is 9.17. The SMILES string of the molecule is C[C@H](O)[C@@H](N)c1cncc(Cl)c1. The number of aliphatic hydroxyl groups excluding tert-OH is 1. The van der Waals surface area contributed by atoms with Crippen molar-refractivity contribution in [3.8, 4) is 0 Å². The zero-order valence-electron chi connectivity index (χ0n) is 6.74. The lowest BCUT2D eigenvalue weighted by molar-refractivity contribution is 0.164. The maximum Gasteiger partial charge on any atom is 0.0705 e. The van der Waals surface area contributed by atoms with Crippen LogP contribution in [0, 0.1) is 0 Å². The van der Waals surface area contributed by atoms with Gasteiger partial charge >= 0.3 is 0 Å². The summed E-state index contributed by atoms with van der Waals surface area (Å²) in [4.78, 5) is 3.86. The van der Waals surface area contributed by atoms with Gasteiger partial charge in [0.1, 0.15) is 0 Å². The Bertz CT molecular complexity index is 265. The predicted molar refractivity (Wildman–Crippen MR) is 47.9 cm³/mol. The first kappa shape index (κ1) is 9.45. The van der Waals surface area contributed by atoms with E-state index in [0.717, 1.165) is 5.56 Å². The van der Waals surface area contributed by atoms with Gasteiger partial charge in [0.25, 0.3) is 0 Å². The standard InChI is InChI=1S/C8H11ClN2O/c1-5(12)8(10)6-2-7(9)4-11-3-6/h2-5,8,12H,10H2,1H3/t5-,8+/m0/s1. The van der Waals surface area contributed by atoms with E-state index in [4.69, 9.17) is 22.4 Å². The minimum atomic E-state index is -0.592. The van der Waals surface area contributed by atoms with E-state index in [2.05, 4.69) is 4.98 Å². The molecule has 4 heteroatoms. The van der Waals surface area contributed by atoms with Crippen molar-refractivity contribution in [1.82, 2.24) is 4.98 Å². The quantitative estimate of drug-likeness (QED) is 0.728. The Morgan fingerprint density at radius 2 is 2.25 bits per heavy atom. The van der Waals surface area contributed by atoms with Crippen LogP contribution in [-0.4, -0.2) is 16.2 Å². The molecule has 1 aromatic rings. The third-order valence-electron chi connectivity index (χ3n) is 1.63. The van der Waals surface area contributed by atoms with Crippen molar-refractivity contribution in [3.63, 3.8) is 0 Å². The molecule has 66 valence electrons. The van der Waals surface area contributed by atoms with Crippen molar-refractivity contribution in [3.05, 3.63) is 29.0 Å². The monoisotopic (exact) mass is 186 g/mol. The zero-order valence-corrected chi connectivity index (χ0v) is 7.49. The van der Waals surface area contributed by atoms with Crippen LogP contribution >= 0.6 is 11.6 Å². The lowest BCUT2D eigenvalue weighted by Crippen LogP contribution is -2.23. The molecular formula is C8H11ClN2O. The third kappa shape index (κ3) is 2.17. The average molecular weight is 187 g/mol. The fourth-order valence-corrected chi connectivity index (χ4v) is 1.07. The summed E-state index contributed by atoms with van der Waals surface area (Å²) in [7, 11) is 0. The van der Waals surface area contributed by atoms with Crippen LogP contribution in [-0.2, 0) is 0 Å². The van der Waals surface area contributed by atoms with E-state index < -0.39 is 12.1 Å². The Morgan fingerprint density at radius 1 is 1.58 bits per heavy atom. The molecule has 0 saturated carbocycles. The molecule has 3 N–H and O–H groups in total. The molecule has 0 amide bonds. The number of nitrogens with two attached hydrogens (primary N) is 1. The van der Waals surface area contributed by atoms with Gasteiger partial charge in [-0.15, -0.1) is 0 Å². The summed E-state index contributed by atoms with van der Waals surface area (Å²) >= 11 is 5.69. The van der Waals surface area contributed by atoms with Gasteiger partial charge in [-0.1, -0.05) is 11.6 Å². The van der Waals surface area contributed by atoms with Crippen LogP contribution in [0.1, 0.15) is 18.5 Å². The van der Waals surface area contributed by atoms with Crippen molar-refractivity contribution in [2.45, 2.75) is 19.1 Å². The van der Waals surface area contributed by atoms with E-state index in [1.54, 1.807) is 19.2 Å². The summed E-state index contributed by atoms with van der Waals surface area (Å²) in [6.07, 6.45) is 2.54. The second-order valence-electron chi connectivity index (χ2n) is 2.70. The van der Waals surface area contributed by atoms with Crippen LogP contribution in [0.25, 0.3) is 0 Å². The van der Waals surface area contributed by atoms with E-state index >= 15 is 0 Å². The number of pyridine rings is 1. The van der Waals surface area contributed by atoms with E-state index in [9.17, 15) is 0 Å². The van der Waals surface area contributed by atoms with Crippen molar-refractivity contribution in [2.75, 3.05) is 0 Å². The molecule has 12 heavy (non-hydrogen) atoms. The van der Waals surface area contributed by atoms with Gasteiger partial charge in [0.15, 0.2) is 0 Å². The van der Waals surface area contributed by atoms with Gasteiger partial charge in [-0.25, -0.2) is 0 Å². The van der Waals surface area contributed by atoms with Gasteiger partial charge in [-0.3, -0.25) is 4.98 Å². The minimum Gasteiger partial charge on any atom is -0.391 e. The van der Waals surface area contributed by atoms with Crippen molar-refractivity contribution >= 4 is 11.6 Å². The fourth-order valence-electron chi connectivity index (χ4n) is 0.889. The number of nitrogens with zero attached hydrogens (tertiary/aromatic N) is 1. The molecule has 0 aliphatic carbocycles. The van der Waals surface area contributed by atoms with Crippen molar-refractivity contribution in [2.24, 2.45) is 5.73 Å². The van der Waals surface area contributed by atoms with Gasteiger partial charge in [-0.05, 0) is 18.6 Å². The Hall–Kier alpha value is -0.640. The summed E-state index contributed by atoms with van der Waals surface area (Å²) in [5, 5.41) is 9.70. The molecule has 0 radical (unpaired) electrons. The van der Waals surface area contributed by atoms with Gasteiger partial charge in [0.2, 0.25) is 0 Å². The Morgan fingerprint density at radius 3 is 2.75 bits per heavy atom. The molecule has 0 unspecified atom stereocenters. The topological polar surface area (TPSA) is 59.1 Å². The van der Waals surface area contributed by atoms with Gasteiger partial charge in [0.05, 0.1) is 17.2 Å². The number of aromatic nitrogens is 1. The zero-order chi connectivity index (χ0) is 9.14. The second kappa shape index (κ2) is 3.85. The molecule has 0 aliphatic rings. The molecule has 3 nitrogen and oxygen atoms in total. The molecule has 0 bridgehead atoms. The van der Waals surface area contributed by atoms with E-state index in [0.29, 0.717) is 5.02 Å². The third-order valence-corrected chi connectivity index (χ3v) is 1.84. The number of hydrogen-bond donors (Lipinski definition) is 2. The number of aliphatic hydroxyl groups is 1. The summed E-state index contributed by atoms with van der Waals surface area (Å²) in [5.41, 5.74) is 6.41. The highest BCUT2D eigenvalue weighted by molar-refractivity contribution is 6.30. The molecule has 0 fully saturated rings. The predicted octanol–water partition coefficient (Wildman–Crippen LogP) is 1.12. The molecule has 0 aromatic carbocycles. The van der Waals surface area contributed by atoms with Crippen LogP contribution in [0.5, 0.6) is 0 Å². The molecule has 1 rings (SSSR count). The summed E-state index contributed by atoms with van der Waals surface area (Å²) in [5.74, 6) is 0. The minimum absolute atomic E-state index is 0.420. The Kier molecular flexibility index (Phi) is 3.03. The number of hydrogen-bond acceptors (Lipinski definition) is 3. The van der Waals surface area contributed by atoms with E-state index in [1.807, 2.05) is 0 Å². The molecule has 0 saturated heterocycles. The van der Waals surface area contributed by atoms with Crippen molar-refractivity contribution < 1.29 is 5.11 Å². The average Bonchev–Trinajstić information content (AvgIpc) is 2.03. The maximum absolute atomic E-state index is 9.17. The van der Waals surface area contributed by atoms with Gasteiger partial charge in [-0.2, -0.15) is 0 Å². The van der Waals surface area contributed by atoms with E-state index in [1.165, 1.54) is 6.20 Å². The lowest BCUT2D eigenvalue weighted by Gasteiger charge is -2.14. The van der Waals surface area contributed by atoms with Gasteiger partial charge < -0.3 is 10.8 Å². The molecule has 1 heterocycles. The fraction of sp³-hybridized carbons (Fsp3) is 0.375. The molecule has 2 atom stereocenters. The second-order valence-corrected chi connectivity index (χ2v) is 3.14. The first-order valence-electron chi connectivity index (χ1n) is 3.65. The number of halogens is 1. The summed E-state index contributed by atoms with van der Waals surface area (Å²) < 4.78 is 0. The lowest BCUT2D eigenvalue weighted by atomic mass is 10.1. The molecule has 0 aliphatic heterocycles. The number of rotatable bonds is 2. The van der Waals surface area contributed by atoms with Crippen LogP contribution in [0.2, 0.25) is 5.02 Å². The first-order valence-corrected chi connectivity index (χ1v) is 4.03. The largest absolute Gasteiger partial charge is 0.391 e. The Balaban J connectivity index is 2.88. The van der Waals surface area contributed by atoms with Crippen LogP contribution in [0.15, 0.2) is 18.5 Å². The summed E-state index contributed by atoms with van der Waals surface area (Å²) in [6.45, 7) is 1.63. The van der Waals surface area contributed by atoms with Crippen LogP contribution < -0.4 is 5.73 Å². The Labute approximate surface area is 76.2 Å². The van der Waals surface area contributed by atoms with Crippen LogP contribution in [0.3, 0.4) is 0 Å². The highest BCUT2D eigenvalue weighted by Crippen LogP contribution is 2.16. The highest BCUT2D eigenvalue weighted by atomic mass is 35.5. The molecule has 0 spiro atoms. The van der Waals surface area contributed by atoms with E-state index in [-0.39, 0.29) is 0 Å². The van der Waals surface area contributed by atoms with Gasteiger partial charge in [0, 0.05) is 12.4 Å².